The summed E-state index contributed by atoms with van der Waals surface area (Å²) >= 11 is 6.17. The van der Waals surface area contributed by atoms with E-state index in [-0.39, 0.29) is 5.54 Å². The fourth-order valence-corrected chi connectivity index (χ4v) is 2.98. The van der Waals surface area contributed by atoms with Crippen LogP contribution in [0.2, 0.25) is 0 Å². The normalized spacial score (nSPS) is 29.0. The lowest BCUT2D eigenvalue weighted by Gasteiger charge is -2.39. The maximum atomic E-state index is 6.17. The van der Waals surface area contributed by atoms with Gasteiger partial charge >= 0.3 is 0 Å². The fraction of sp³-hybridized carbons (Fsp3) is 0.692. The van der Waals surface area contributed by atoms with E-state index in [0.717, 1.165) is 30.3 Å². The lowest BCUT2D eigenvalue weighted by atomic mass is 9.77. The van der Waals surface area contributed by atoms with Crippen LogP contribution in [0.4, 0.5) is 5.82 Å². The molecule has 0 saturated heterocycles. The number of aromatic nitrogens is 2. The molecule has 2 atom stereocenters. The minimum atomic E-state index is 0.00314. The Bertz CT molecular complexity index is 365. The van der Waals surface area contributed by atoms with Gasteiger partial charge in [0.1, 0.15) is 5.82 Å². The average molecular weight is 254 g/mol. The van der Waals surface area contributed by atoms with Crippen molar-refractivity contribution >= 4 is 17.4 Å². The molecule has 0 bridgehead atoms. The number of nitrogens with zero attached hydrogens (tertiary/aromatic N) is 2. The van der Waals surface area contributed by atoms with Gasteiger partial charge in [0.25, 0.3) is 0 Å². The average Bonchev–Trinajstić information content (AvgIpc) is 2.32. The molecule has 4 heteroatoms. The van der Waals surface area contributed by atoms with Crippen molar-refractivity contribution < 1.29 is 0 Å². The summed E-state index contributed by atoms with van der Waals surface area (Å²) in [6.45, 7) is 4.24. The molecule has 0 radical (unpaired) electrons. The summed E-state index contributed by atoms with van der Waals surface area (Å²) in [7, 11) is 0. The minimum absolute atomic E-state index is 0.00314. The van der Waals surface area contributed by atoms with Crippen molar-refractivity contribution in [3.05, 3.63) is 17.8 Å². The zero-order chi connectivity index (χ0) is 12.3. The highest BCUT2D eigenvalue weighted by molar-refractivity contribution is 6.18. The highest BCUT2D eigenvalue weighted by atomic mass is 35.5. The molecule has 94 valence electrons. The molecule has 1 aromatic rings. The number of halogens is 1. The van der Waals surface area contributed by atoms with Gasteiger partial charge in [0, 0.05) is 5.88 Å². The van der Waals surface area contributed by atoms with E-state index in [4.69, 9.17) is 11.6 Å². The first-order valence-corrected chi connectivity index (χ1v) is 6.81. The van der Waals surface area contributed by atoms with Crippen LogP contribution in [0.1, 0.15) is 38.3 Å². The van der Waals surface area contributed by atoms with Crippen LogP contribution in [0, 0.1) is 12.8 Å². The van der Waals surface area contributed by atoms with Crippen LogP contribution in [-0.2, 0) is 0 Å². The second-order valence-electron chi connectivity index (χ2n) is 5.30. The number of rotatable bonds is 3. The zero-order valence-corrected chi connectivity index (χ0v) is 11.3. The second-order valence-corrected chi connectivity index (χ2v) is 5.57. The van der Waals surface area contributed by atoms with Gasteiger partial charge in [0.15, 0.2) is 0 Å². The molecule has 1 heterocycles. The summed E-state index contributed by atoms with van der Waals surface area (Å²) in [5, 5.41) is 11.7. The van der Waals surface area contributed by atoms with Gasteiger partial charge in [-0.25, -0.2) is 0 Å². The molecule has 0 aromatic carbocycles. The smallest absolute Gasteiger partial charge is 0.149 e. The number of hydrogen-bond acceptors (Lipinski definition) is 3. The molecule has 1 aliphatic rings. The number of anilines is 1. The first kappa shape index (κ1) is 12.6. The Morgan fingerprint density at radius 2 is 2.29 bits per heavy atom. The quantitative estimate of drug-likeness (QED) is 0.840. The zero-order valence-electron chi connectivity index (χ0n) is 10.5. The summed E-state index contributed by atoms with van der Waals surface area (Å²) in [5.41, 5.74) is 0.941. The van der Waals surface area contributed by atoms with Gasteiger partial charge in [-0.3, -0.25) is 0 Å². The maximum Gasteiger partial charge on any atom is 0.149 e. The van der Waals surface area contributed by atoms with Crippen LogP contribution < -0.4 is 5.32 Å². The molecule has 1 aliphatic carbocycles. The fourth-order valence-electron chi connectivity index (χ4n) is 2.67. The topological polar surface area (TPSA) is 37.8 Å². The Kier molecular flexibility index (Phi) is 3.87. The summed E-state index contributed by atoms with van der Waals surface area (Å²) in [6.07, 6.45) is 4.78. The summed E-state index contributed by atoms with van der Waals surface area (Å²) < 4.78 is 0. The van der Waals surface area contributed by atoms with Crippen LogP contribution in [0.25, 0.3) is 0 Å². The Balaban J connectivity index is 2.10. The van der Waals surface area contributed by atoms with E-state index in [9.17, 15) is 0 Å². The molecule has 1 aromatic heterocycles. The highest BCUT2D eigenvalue weighted by Gasteiger charge is 2.34. The number of alkyl halides is 1. The highest BCUT2D eigenvalue weighted by Crippen LogP contribution is 2.35. The summed E-state index contributed by atoms with van der Waals surface area (Å²) in [6, 6.07) is 3.96. The van der Waals surface area contributed by atoms with E-state index in [1.165, 1.54) is 12.8 Å². The SMILES string of the molecule is Cc1ccc(NC2(CCl)CCCC(C)C2)nn1. The molecular formula is C13H20ClN3. The molecule has 3 nitrogen and oxygen atoms in total. The van der Waals surface area contributed by atoms with Gasteiger partial charge in [0.05, 0.1) is 11.2 Å². The Morgan fingerprint density at radius 3 is 2.88 bits per heavy atom. The van der Waals surface area contributed by atoms with E-state index in [1.807, 2.05) is 19.1 Å². The van der Waals surface area contributed by atoms with E-state index < -0.39 is 0 Å². The van der Waals surface area contributed by atoms with Crippen molar-refractivity contribution in [3.8, 4) is 0 Å². The molecule has 2 unspecified atom stereocenters. The number of hydrogen-bond donors (Lipinski definition) is 1. The van der Waals surface area contributed by atoms with Gasteiger partial charge in [-0.1, -0.05) is 19.8 Å². The molecule has 0 spiro atoms. The first-order valence-electron chi connectivity index (χ1n) is 6.28. The monoisotopic (exact) mass is 253 g/mol. The lowest BCUT2D eigenvalue weighted by molar-refractivity contribution is 0.279. The Morgan fingerprint density at radius 1 is 1.47 bits per heavy atom. The standard InChI is InChI=1S/C13H20ClN3/c1-10-4-3-7-13(8-10,9-14)15-12-6-5-11(2)16-17-12/h5-6,10H,3-4,7-9H2,1-2H3,(H,15,17). The predicted molar refractivity (Wildman–Crippen MR) is 71.5 cm³/mol. The van der Waals surface area contributed by atoms with Gasteiger partial charge in [0.2, 0.25) is 0 Å². The van der Waals surface area contributed by atoms with Crippen LogP contribution >= 0.6 is 11.6 Å². The van der Waals surface area contributed by atoms with E-state index in [2.05, 4.69) is 22.4 Å². The summed E-state index contributed by atoms with van der Waals surface area (Å²) in [5.74, 6) is 2.20. The third-order valence-corrected chi connectivity index (χ3v) is 4.05. The molecule has 1 saturated carbocycles. The van der Waals surface area contributed by atoms with E-state index in [1.54, 1.807) is 0 Å². The molecule has 1 N–H and O–H groups in total. The third-order valence-electron chi connectivity index (χ3n) is 3.54. The second kappa shape index (κ2) is 5.21. The van der Waals surface area contributed by atoms with Crippen molar-refractivity contribution in [3.63, 3.8) is 0 Å². The van der Waals surface area contributed by atoms with Crippen molar-refractivity contribution in [1.29, 1.82) is 0 Å². The summed E-state index contributed by atoms with van der Waals surface area (Å²) in [4.78, 5) is 0. The van der Waals surface area contributed by atoms with Crippen molar-refractivity contribution in [2.75, 3.05) is 11.2 Å². The molecule has 0 amide bonds. The van der Waals surface area contributed by atoms with Gasteiger partial charge in [-0.15, -0.1) is 16.7 Å². The molecule has 2 rings (SSSR count). The lowest BCUT2D eigenvalue weighted by Crippen LogP contribution is -2.44. The van der Waals surface area contributed by atoms with Crippen LogP contribution in [0.3, 0.4) is 0 Å². The Hall–Kier alpha value is -0.830. The van der Waals surface area contributed by atoms with Crippen LogP contribution in [0.15, 0.2) is 12.1 Å². The van der Waals surface area contributed by atoms with Gasteiger partial charge < -0.3 is 5.32 Å². The van der Waals surface area contributed by atoms with E-state index >= 15 is 0 Å². The first-order chi connectivity index (χ1) is 8.13. The maximum absolute atomic E-state index is 6.17. The molecular weight excluding hydrogens is 234 g/mol. The Labute approximate surface area is 108 Å². The van der Waals surface area contributed by atoms with Crippen LogP contribution in [-0.4, -0.2) is 21.6 Å². The minimum Gasteiger partial charge on any atom is -0.362 e. The van der Waals surface area contributed by atoms with Crippen LogP contribution in [0.5, 0.6) is 0 Å². The van der Waals surface area contributed by atoms with Crippen molar-refractivity contribution in [2.45, 2.75) is 45.1 Å². The predicted octanol–water partition coefficient (Wildman–Crippen LogP) is 3.38. The van der Waals surface area contributed by atoms with Crippen molar-refractivity contribution in [1.82, 2.24) is 10.2 Å². The van der Waals surface area contributed by atoms with Gasteiger partial charge in [-0.2, -0.15) is 5.10 Å². The molecule has 1 fully saturated rings. The van der Waals surface area contributed by atoms with E-state index in [0.29, 0.717) is 5.88 Å². The molecule has 0 aliphatic heterocycles. The number of nitrogens with one attached hydrogen (secondary N) is 1. The largest absolute Gasteiger partial charge is 0.362 e. The van der Waals surface area contributed by atoms with Crippen molar-refractivity contribution in [2.24, 2.45) is 5.92 Å². The molecule has 17 heavy (non-hydrogen) atoms. The van der Waals surface area contributed by atoms with Gasteiger partial charge in [-0.05, 0) is 37.8 Å². The number of aryl methyl sites for hydroxylation is 1. The third kappa shape index (κ3) is 3.09.